The molecule has 1 N–H and O–H groups in total. The Morgan fingerprint density at radius 1 is 1.10 bits per heavy atom. The normalized spacial score (nSPS) is 10.9. The van der Waals surface area contributed by atoms with Crippen LogP contribution < -0.4 is 5.32 Å². The summed E-state index contributed by atoms with van der Waals surface area (Å²) in [5.41, 5.74) is 2.41. The molecule has 4 aromatic rings. The van der Waals surface area contributed by atoms with Gasteiger partial charge in [0, 0.05) is 24.4 Å². The number of hydrogen-bond acceptors (Lipinski definition) is 5. The summed E-state index contributed by atoms with van der Waals surface area (Å²) in [4.78, 5) is 12.4. The summed E-state index contributed by atoms with van der Waals surface area (Å²) < 4.78 is 16.9. The number of carbonyl (C=O) groups is 1. The summed E-state index contributed by atoms with van der Waals surface area (Å²) in [6.07, 6.45) is 0. The Bertz CT molecular complexity index is 1170. The maximum absolute atomic E-state index is 13.4. The van der Waals surface area contributed by atoms with Crippen LogP contribution in [-0.4, -0.2) is 36.2 Å². The third-order valence-corrected chi connectivity index (χ3v) is 5.28. The minimum absolute atomic E-state index is 0.137. The van der Waals surface area contributed by atoms with Crippen LogP contribution in [0, 0.1) is 12.7 Å². The maximum atomic E-state index is 13.4. The molecule has 2 heterocycles. The van der Waals surface area contributed by atoms with E-state index in [0.29, 0.717) is 22.5 Å². The van der Waals surface area contributed by atoms with Crippen molar-refractivity contribution < 1.29 is 9.18 Å². The van der Waals surface area contributed by atoms with E-state index in [4.69, 9.17) is 0 Å². The zero-order valence-electron chi connectivity index (χ0n) is 16.4. The number of nitrogens with one attached hydrogen (secondary N) is 1. The van der Waals surface area contributed by atoms with Crippen molar-refractivity contribution in [2.24, 2.45) is 7.05 Å². The van der Waals surface area contributed by atoms with Crippen molar-refractivity contribution in [1.82, 2.24) is 24.5 Å². The molecule has 0 saturated carbocycles. The number of halogens is 1. The van der Waals surface area contributed by atoms with Crippen molar-refractivity contribution in [1.29, 1.82) is 0 Å². The zero-order valence-corrected chi connectivity index (χ0v) is 17.2. The lowest BCUT2D eigenvalue weighted by Gasteiger charge is -2.10. The van der Waals surface area contributed by atoms with Gasteiger partial charge in [-0.05, 0) is 31.2 Å². The van der Waals surface area contributed by atoms with E-state index in [2.05, 4.69) is 20.6 Å². The van der Waals surface area contributed by atoms with Gasteiger partial charge in [-0.15, -0.1) is 10.2 Å². The molecule has 152 valence electrons. The van der Waals surface area contributed by atoms with Crippen LogP contribution in [0.3, 0.4) is 0 Å². The van der Waals surface area contributed by atoms with Gasteiger partial charge in [-0.25, -0.2) is 4.39 Å². The third-order valence-electron chi connectivity index (χ3n) is 4.35. The predicted octanol–water partition coefficient (Wildman–Crippen LogP) is 3.85. The molecule has 0 atom stereocenters. The number of hydrogen-bond donors (Lipinski definition) is 1. The van der Waals surface area contributed by atoms with E-state index in [1.165, 1.54) is 23.9 Å². The van der Waals surface area contributed by atoms with Crippen molar-refractivity contribution in [3.63, 3.8) is 0 Å². The van der Waals surface area contributed by atoms with Gasteiger partial charge in [0.25, 0.3) is 0 Å². The molecule has 2 aromatic carbocycles. The fourth-order valence-electron chi connectivity index (χ4n) is 3.00. The quantitative estimate of drug-likeness (QED) is 0.478. The van der Waals surface area contributed by atoms with E-state index in [1.54, 1.807) is 29.9 Å². The molecule has 0 unspecified atom stereocenters. The Balaban J connectivity index is 1.60. The Morgan fingerprint density at radius 2 is 1.83 bits per heavy atom. The van der Waals surface area contributed by atoms with E-state index in [9.17, 15) is 9.18 Å². The van der Waals surface area contributed by atoms with E-state index in [1.807, 2.05) is 41.8 Å². The van der Waals surface area contributed by atoms with Crippen molar-refractivity contribution in [3.8, 4) is 17.1 Å². The van der Waals surface area contributed by atoms with Crippen LogP contribution in [0.4, 0.5) is 10.2 Å². The van der Waals surface area contributed by atoms with Gasteiger partial charge in [-0.2, -0.15) is 5.10 Å². The summed E-state index contributed by atoms with van der Waals surface area (Å²) in [6, 6.07) is 17.5. The Morgan fingerprint density at radius 3 is 2.50 bits per heavy atom. The second-order valence-corrected chi connectivity index (χ2v) is 7.56. The lowest BCUT2D eigenvalue weighted by molar-refractivity contribution is -0.113. The van der Waals surface area contributed by atoms with E-state index >= 15 is 0 Å². The Kier molecular flexibility index (Phi) is 5.62. The molecule has 0 fully saturated rings. The van der Waals surface area contributed by atoms with Crippen LogP contribution in [0.25, 0.3) is 17.1 Å². The summed E-state index contributed by atoms with van der Waals surface area (Å²) in [5, 5.41) is 16.2. The summed E-state index contributed by atoms with van der Waals surface area (Å²) >= 11 is 1.26. The van der Waals surface area contributed by atoms with Gasteiger partial charge in [0.1, 0.15) is 11.6 Å². The lowest BCUT2D eigenvalue weighted by atomic mass is 10.2. The van der Waals surface area contributed by atoms with E-state index in [-0.39, 0.29) is 17.5 Å². The van der Waals surface area contributed by atoms with E-state index < -0.39 is 0 Å². The van der Waals surface area contributed by atoms with Crippen molar-refractivity contribution in [2.45, 2.75) is 12.1 Å². The van der Waals surface area contributed by atoms with Gasteiger partial charge in [-0.1, -0.05) is 42.1 Å². The molecule has 1 amide bonds. The molecule has 7 nitrogen and oxygen atoms in total. The number of aryl methyl sites for hydroxylation is 2. The fraction of sp³-hybridized carbons (Fsp3) is 0.143. The van der Waals surface area contributed by atoms with Crippen molar-refractivity contribution in [3.05, 3.63) is 72.2 Å². The molecule has 0 spiro atoms. The molecule has 0 saturated heterocycles. The van der Waals surface area contributed by atoms with Crippen LogP contribution >= 0.6 is 11.8 Å². The SMILES string of the molecule is Cc1cc(NC(=O)CSc2nnc(-c3ccccc3)n2-c2ccc(F)cc2)n(C)n1. The number of anilines is 1. The van der Waals surface area contributed by atoms with Crippen LogP contribution in [-0.2, 0) is 11.8 Å². The minimum atomic E-state index is -0.326. The smallest absolute Gasteiger partial charge is 0.235 e. The molecular weight excluding hydrogens is 403 g/mol. The van der Waals surface area contributed by atoms with Gasteiger partial charge in [0.2, 0.25) is 5.91 Å². The van der Waals surface area contributed by atoms with Crippen LogP contribution in [0.5, 0.6) is 0 Å². The molecule has 0 aliphatic heterocycles. The minimum Gasteiger partial charge on any atom is -0.310 e. The van der Waals surface area contributed by atoms with Gasteiger partial charge < -0.3 is 5.32 Å². The van der Waals surface area contributed by atoms with E-state index in [0.717, 1.165) is 11.3 Å². The van der Waals surface area contributed by atoms with Crippen LogP contribution in [0.1, 0.15) is 5.69 Å². The average Bonchev–Trinajstić information content (AvgIpc) is 3.30. The number of nitrogens with zero attached hydrogens (tertiary/aromatic N) is 5. The summed E-state index contributed by atoms with van der Waals surface area (Å²) in [6.45, 7) is 1.86. The van der Waals surface area contributed by atoms with Gasteiger partial charge in [0.15, 0.2) is 11.0 Å². The van der Waals surface area contributed by atoms with Gasteiger partial charge >= 0.3 is 0 Å². The number of amides is 1. The monoisotopic (exact) mass is 422 g/mol. The first kappa shape index (κ1) is 19.8. The number of benzene rings is 2. The second-order valence-electron chi connectivity index (χ2n) is 6.62. The van der Waals surface area contributed by atoms with Crippen LogP contribution in [0.2, 0.25) is 0 Å². The molecule has 4 rings (SSSR count). The molecule has 0 aliphatic rings. The van der Waals surface area contributed by atoms with Crippen molar-refractivity contribution >= 4 is 23.5 Å². The Hall–Kier alpha value is -3.46. The highest BCUT2D eigenvalue weighted by atomic mass is 32.2. The highest BCUT2D eigenvalue weighted by molar-refractivity contribution is 7.99. The highest BCUT2D eigenvalue weighted by Crippen LogP contribution is 2.28. The molecular formula is C21H19FN6OS. The van der Waals surface area contributed by atoms with Crippen molar-refractivity contribution in [2.75, 3.05) is 11.1 Å². The first-order valence-electron chi connectivity index (χ1n) is 9.21. The number of aromatic nitrogens is 5. The summed E-state index contributed by atoms with van der Waals surface area (Å²) in [5.74, 6) is 0.875. The number of thioether (sulfide) groups is 1. The number of carbonyl (C=O) groups excluding carboxylic acids is 1. The topological polar surface area (TPSA) is 77.6 Å². The molecule has 0 radical (unpaired) electrons. The predicted molar refractivity (Wildman–Crippen MR) is 114 cm³/mol. The molecule has 0 bridgehead atoms. The first-order valence-corrected chi connectivity index (χ1v) is 10.2. The standard InChI is InChI=1S/C21H19FN6OS/c1-14-12-18(27(2)26-14)23-19(29)13-30-21-25-24-20(15-6-4-3-5-7-15)28(21)17-10-8-16(22)9-11-17/h3-12H,13H2,1-2H3,(H,23,29). The third kappa shape index (κ3) is 4.25. The van der Waals surface area contributed by atoms with Crippen LogP contribution in [0.15, 0.2) is 65.8 Å². The Labute approximate surface area is 176 Å². The average molecular weight is 422 g/mol. The van der Waals surface area contributed by atoms with Gasteiger partial charge in [0.05, 0.1) is 11.4 Å². The molecule has 9 heteroatoms. The molecule has 2 aromatic heterocycles. The zero-order chi connectivity index (χ0) is 21.1. The largest absolute Gasteiger partial charge is 0.310 e. The maximum Gasteiger partial charge on any atom is 0.235 e. The second kappa shape index (κ2) is 8.50. The lowest BCUT2D eigenvalue weighted by Crippen LogP contribution is -2.16. The fourth-order valence-corrected chi connectivity index (χ4v) is 3.75. The van der Waals surface area contributed by atoms with Gasteiger partial charge in [-0.3, -0.25) is 14.0 Å². The summed E-state index contributed by atoms with van der Waals surface area (Å²) in [7, 11) is 1.77. The molecule has 0 aliphatic carbocycles. The highest BCUT2D eigenvalue weighted by Gasteiger charge is 2.18. The number of rotatable bonds is 6. The molecule has 30 heavy (non-hydrogen) atoms. The first-order chi connectivity index (χ1) is 14.5.